The molecule has 0 unspecified atom stereocenters. The number of hydrogen-bond donors (Lipinski definition) is 5. The highest BCUT2D eigenvalue weighted by atomic mass is 35.5. The number of hydrogen-bond acceptors (Lipinski definition) is 8. The molecule has 1 fully saturated rings. The molecule has 0 spiro atoms. The molecule has 5 N–H and O–H groups in total. The maximum absolute atomic E-state index is 9.50. The number of phenolic OH excluding ortho intramolecular Hbond substituents is 1. The summed E-state index contributed by atoms with van der Waals surface area (Å²) in [5, 5.41) is 29.9. The van der Waals surface area contributed by atoms with Crippen molar-refractivity contribution in [1.82, 2.24) is 14.9 Å². The van der Waals surface area contributed by atoms with Gasteiger partial charge in [-0.1, -0.05) is 52.9 Å². The minimum absolute atomic E-state index is 0.00874. The summed E-state index contributed by atoms with van der Waals surface area (Å²) in [7, 11) is 0. The standard InChI is InChI=1S/C25H25ClN4O2S.C2H6O/c26-23-15-22(8-9-24(23)31)32-30-33-29-17-25(10-12-28-13-11-25)21-6-4-19(5-7-21)20-3-1-2-18(14-20)16-27;1-2-3/h1-9,14-15,28-31H,10-13,17H2;3H,2H2,1H3. The molecule has 0 radical (unpaired) electrons. The first-order valence-corrected chi connectivity index (χ1v) is 12.9. The van der Waals surface area contributed by atoms with E-state index >= 15 is 0 Å². The Kier molecular flexibility index (Phi) is 10.9. The van der Waals surface area contributed by atoms with Crippen LogP contribution in [0, 0.1) is 11.3 Å². The lowest BCUT2D eigenvalue weighted by Crippen LogP contribution is -2.45. The SMILES string of the molecule is CCO.N#Cc1cccc(-c2ccc(C3(CNSNOc4ccc(O)c(Cl)c4)CCNCC3)cc2)c1. The molecule has 190 valence electrons. The monoisotopic (exact) mass is 526 g/mol. The van der Waals surface area contributed by atoms with E-state index in [1.807, 2.05) is 24.3 Å². The molecule has 0 amide bonds. The Bertz CT molecular complexity index is 1150. The summed E-state index contributed by atoms with van der Waals surface area (Å²) in [4.78, 5) is 8.29. The molecule has 0 aliphatic carbocycles. The van der Waals surface area contributed by atoms with Crippen molar-refractivity contribution in [2.45, 2.75) is 25.2 Å². The smallest absolute Gasteiger partial charge is 0.150 e. The number of piperidine rings is 1. The lowest BCUT2D eigenvalue weighted by Gasteiger charge is -2.38. The highest BCUT2D eigenvalue weighted by molar-refractivity contribution is 7.95. The number of phenols is 1. The number of benzene rings is 3. The second kappa shape index (κ2) is 14.1. The van der Waals surface area contributed by atoms with Crippen molar-refractivity contribution >= 4 is 23.7 Å². The zero-order valence-corrected chi connectivity index (χ0v) is 21.7. The van der Waals surface area contributed by atoms with Crippen molar-refractivity contribution < 1.29 is 15.1 Å². The average molecular weight is 527 g/mol. The van der Waals surface area contributed by atoms with Gasteiger partial charge in [-0.05, 0) is 73.8 Å². The van der Waals surface area contributed by atoms with Gasteiger partial charge < -0.3 is 20.4 Å². The molecule has 0 saturated carbocycles. The van der Waals surface area contributed by atoms with Gasteiger partial charge >= 0.3 is 0 Å². The molecule has 0 bridgehead atoms. The van der Waals surface area contributed by atoms with Crippen LogP contribution in [0.5, 0.6) is 11.5 Å². The van der Waals surface area contributed by atoms with Crippen molar-refractivity contribution in [3.05, 3.63) is 82.9 Å². The van der Waals surface area contributed by atoms with Crippen LogP contribution < -0.4 is 19.8 Å². The molecule has 0 aromatic heterocycles. The van der Waals surface area contributed by atoms with Crippen molar-refractivity contribution in [3.8, 4) is 28.7 Å². The molecule has 0 atom stereocenters. The van der Waals surface area contributed by atoms with Gasteiger partial charge in [-0.15, -0.1) is 0 Å². The number of aromatic hydroxyl groups is 1. The fraction of sp³-hybridized carbons (Fsp3) is 0.296. The van der Waals surface area contributed by atoms with Crippen LogP contribution in [0.25, 0.3) is 11.1 Å². The predicted molar refractivity (Wildman–Crippen MR) is 146 cm³/mol. The third kappa shape index (κ3) is 7.61. The Labute approximate surface area is 221 Å². The summed E-state index contributed by atoms with van der Waals surface area (Å²) in [5.74, 6) is 0.533. The normalized spacial score (nSPS) is 14.3. The van der Waals surface area contributed by atoms with Crippen LogP contribution >= 0.6 is 23.7 Å². The molecule has 36 heavy (non-hydrogen) atoms. The molecule has 7 nitrogen and oxygen atoms in total. The van der Waals surface area contributed by atoms with E-state index in [-0.39, 0.29) is 22.8 Å². The summed E-state index contributed by atoms with van der Waals surface area (Å²) in [6, 6.07) is 23.2. The number of aliphatic hydroxyl groups excluding tert-OH is 1. The van der Waals surface area contributed by atoms with E-state index in [0.717, 1.165) is 43.6 Å². The van der Waals surface area contributed by atoms with Crippen molar-refractivity contribution in [2.75, 3.05) is 26.2 Å². The van der Waals surface area contributed by atoms with Gasteiger partial charge in [0.05, 0.1) is 16.7 Å². The molecule has 1 aliphatic rings. The second-order valence-corrected chi connectivity index (χ2v) is 9.40. The van der Waals surface area contributed by atoms with Gasteiger partial charge in [-0.25, -0.2) is 4.72 Å². The molecule has 4 rings (SSSR count). The van der Waals surface area contributed by atoms with E-state index in [2.05, 4.69) is 45.3 Å². The lowest BCUT2D eigenvalue weighted by molar-refractivity contribution is 0.280. The maximum atomic E-state index is 9.50. The highest BCUT2D eigenvalue weighted by Gasteiger charge is 2.33. The van der Waals surface area contributed by atoms with Gasteiger partial charge in [0.25, 0.3) is 0 Å². The van der Waals surface area contributed by atoms with Gasteiger partial charge in [0.15, 0.2) is 0 Å². The third-order valence-electron chi connectivity index (χ3n) is 5.99. The van der Waals surface area contributed by atoms with E-state index < -0.39 is 0 Å². The third-order valence-corrected chi connectivity index (χ3v) is 6.74. The van der Waals surface area contributed by atoms with E-state index in [9.17, 15) is 10.4 Å². The van der Waals surface area contributed by atoms with Crippen molar-refractivity contribution in [3.63, 3.8) is 0 Å². The quantitative estimate of drug-likeness (QED) is 0.159. The van der Waals surface area contributed by atoms with Crippen LogP contribution in [0.15, 0.2) is 66.7 Å². The molecule has 3 aromatic rings. The average Bonchev–Trinajstić information content (AvgIpc) is 2.91. The van der Waals surface area contributed by atoms with Crippen LogP contribution in [0.4, 0.5) is 0 Å². The van der Waals surface area contributed by atoms with E-state index in [1.54, 1.807) is 19.1 Å². The Balaban J connectivity index is 0.00000115. The van der Waals surface area contributed by atoms with Crippen LogP contribution in [-0.2, 0) is 5.41 Å². The summed E-state index contributed by atoms with van der Waals surface area (Å²) < 4.78 is 3.39. The van der Waals surface area contributed by atoms with Gasteiger partial charge in [0.2, 0.25) is 0 Å². The number of halogens is 1. The Hall–Kier alpha value is -2.77. The first-order valence-electron chi connectivity index (χ1n) is 11.7. The summed E-state index contributed by atoms with van der Waals surface area (Å²) in [6.45, 7) is 4.64. The minimum atomic E-state index is 0.00874. The van der Waals surface area contributed by atoms with E-state index in [4.69, 9.17) is 21.5 Å². The maximum Gasteiger partial charge on any atom is 0.150 e. The first kappa shape index (κ1) is 27.8. The van der Waals surface area contributed by atoms with Gasteiger partial charge in [0, 0.05) is 36.8 Å². The minimum Gasteiger partial charge on any atom is -0.506 e. The molecule has 1 saturated heterocycles. The van der Waals surface area contributed by atoms with Gasteiger partial charge in [-0.2, -0.15) is 5.26 Å². The van der Waals surface area contributed by atoms with Gasteiger partial charge in [0.1, 0.15) is 11.5 Å². The van der Waals surface area contributed by atoms with Crippen LogP contribution in [0.3, 0.4) is 0 Å². The van der Waals surface area contributed by atoms with E-state index in [0.29, 0.717) is 11.3 Å². The van der Waals surface area contributed by atoms with Crippen LogP contribution in [0.1, 0.15) is 30.9 Å². The number of nitrogens with zero attached hydrogens (tertiary/aromatic N) is 1. The highest BCUT2D eigenvalue weighted by Crippen LogP contribution is 2.35. The number of rotatable bonds is 8. The summed E-state index contributed by atoms with van der Waals surface area (Å²) in [5.41, 5.74) is 4.11. The fourth-order valence-corrected chi connectivity index (χ4v) is 4.80. The van der Waals surface area contributed by atoms with Crippen molar-refractivity contribution in [2.24, 2.45) is 0 Å². The summed E-state index contributed by atoms with van der Waals surface area (Å²) in [6.07, 6.45) is 2.05. The number of aliphatic hydroxyl groups is 1. The lowest BCUT2D eigenvalue weighted by atomic mass is 9.73. The molecule has 3 aromatic carbocycles. The van der Waals surface area contributed by atoms with Crippen LogP contribution in [0.2, 0.25) is 5.02 Å². The molecular formula is C27H31ClN4O3S. The molecular weight excluding hydrogens is 496 g/mol. The van der Waals surface area contributed by atoms with Gasteiger partial charge in [-0.3, -0.25) is 0 Å². The Morgan fingerprint density at radius 2 is 1.81 bits per heavy atom. The molecule has 1 heterocycles. The number of nitriles is 1. The zero-order chi connectivity index (χ0) is 25.8. The largest absolute Gasteiger partial charge is 0.506 e. The summed E-state index contributed by atoms with van der Waals surface area (Å²) >= 11 is 7.18. The fourth-order valence-electron chi connectivity index (χ4n) is 4.08. The first-order chi connectivity index (χ1) is 17.5. The molecule has 9 heteroatoms. The van der Waals surface area contributed by atoms with E-state index in [1.165, 1.54) is 23.8 Å². The molecule has 1 aliphatic heterocycles. The van der Waals surface area contributed by atoms with Crippen LogP contribution in [-0.4, -0.2) is 36.5 Å². The van der Waals surface area contributed by atoms with Crippen molar-refractivity contribution in [1.29, 1.82) is 5.26 Å². The topological polar surface area (TPSA) is 110 Å². The number of nitrogens with one attached hydrogen (secondary N) is 3. The second-order valence-electron chi connectivity index (χ2n) is 8.34. The Morgan fingerprint density at radius 1 is 1.08 bits per heavy atom. The predicted octanol–water partition coefficient (Wildman–Crippen LogP) is 4.94. The zero-order valence-electron chi connectivity index (χ0n) is 20.1. The Morgan fingerprint density at radius 3 is 2.47 bits per heavy atom.